The minimum atomic E-state index is -3.72. The van der Waals surface area contributed by atoms with Gasteiger partial charge in [-0.3, -0.25) is 9.35 Å². The van der Waals surface area contributed by atoms with Crippen molar-refractivity contribution < 1.29 is 17.8 Å². The largest absolute Gasteiger partial charge is 0.350 e. The van der Waals surface area contributed by atoms with E-state index < -0.39 is 10.1 Å². The summed E-state index contributed by atoms with van der Waals surface area (Å²) in [5.41, 5.74) is 0. The SMILES string of the molecule is C=CC(=O)NC(C)C.CC(C)CS(=O)(=O)O. The van der Waals surface area contributed by atoms with Crippen LogP contribution in [0.3, 0.4) is 0 Å². The van der Waals surface area contributed by atoms with Gasteiger partial charge in [0.25, 0.3) is 10.1 Å². The van der Waals surface area contributed by atoms with E-state index >= 15 is 0 Å². The van der Waals surface area contributed by atoms with Gasteiger partial charge in [0, 0.05) is 6.04 Å². The molecule has 0 aromatic rings. The molecule has 0 unspecified atom stereocenters. The molecule has 1 amide bonds. The lowest BCUT2D eigenvalue weighted by atomic mass is 10.3. The molecule has 0 saturated heterocycles. The number of hydrogen-bond acceptors (Lipinski definition) is 3. The standard InChI is InChI=1S/C6H11NO.C4H10O3S/c1-4-6(8)7-5(2)3;1-4(2)3-8(5,6)7/h4-5H,1H2,2-3H3,(H,7,8);4H,3H2,1-2H3,(H,5,6,7). The average molecular weight is 251 g/mol. The summed E-state index contributed by atoms with van der Waals surface area (Å²) in [6.07, 6.45) is 1.26. The van der Waals surface area contributed by atoms with Crippen molar-refractivity contribution in [3.63, 3.8) is 0 Å². The summed E-state index contributed by atoms with van der Waals surface area (Å²) in [6.45, 7) is 10.6. The molecular formula is C10H21NO4S. The van der Waals surface area contributed by atoms with Crippen LogP contribution in [0.1, 0.15) is 27.7 Å². The van der Waals surface area contributed by atoms with Gasteiger partial charge in [-0.05, 0) is 25.8 Å². The van der Waals surface area contributed by atoms with Crippen molar-refractivity contribution in [1.29, 1.82) is 0 Å². The topological polar surface area (TPSA) is 83.5 Å². The van der Waals surface area contributed by atoms with Crippen LogP contribution in [0.15, 0.2) is 12.7 Å². The third-order valence-electron chi connectivity index (χ3n) is 1.16. The summed E-state index contributed by atoms with van der Waals surface area (Å²) >= 11 is 0. The number of rotatable bonds is 4. The fourth-order valence-electron chi connectivity index (χ4n) is 0.765. The van der Waals surface area contributed by atoms with Crippen LogP contribution in [-0.2, 0) is 14.9 Å². The van der Waals surface area contributed by atoms with Crippen molar-refractivity contribution in [2.45, 2.75) is 33.7 Å². The minimum Gasteiger partial charge on any atom is -0.350 e. The minimum absolute atomic E-state index is 0.00463. The van der Waals surface area contributed by atoms with Gasteiger partial charge in [0.1, 0.15) is 0 Å². The number of nitrogens with one attached hydrogen (secondary N) is 1. The molecule has 0 aromatic heterocycles. The molecule has 0 heterocycles. The quantitative estimate of drug-likeness (QED) is 0.581. The first-order valence-electron chi connectivity index (χ1n) is 4.96. The zero-order chi connectivity index (χ0) is 13.4. The molecule has 2 N–H and O–H groups in total. The normalized spacial score (nSPS) is 10.7. The van der Waals surface area contributed by atoms with E-state index in [1.54, 1.807) is 13.8 Å². The predicted molar refractivity (Wildman–Crippen MR) is 64.7 cm³/mol. The van der Waals surface area contributed by atoms with Gasteiger partial charge in [0.15, 0.2) is 0 Å². The molecule has 0 atom stereocenters. The average Bonchev–Trinajstić information content (AvgIpc) is 1.98. The molecule has 5 nitrogen and oxygen atoms in total. The molecule has 0 aliphatic rings. The highest BCUT2D eigenvalue weighted by molar-refractivity contribution is 7.85. The summed E-state index contributed by atoms with van der Waals surface area (Å²) in [7, 11) is -3.72. The Kier molecular flexibility index (Phi) is 9.08. The third-order valence-corrected chi connectivity index (χ3v) is 2.25. The van der Waals surface area contributed by atoms with E-state index in [2.05, 4.69) is 11.9 Å². The lowest BCUT2D eigenvalue weighted by Gasteiger charge is -2.02. The fourth-order valence-corrected chi connectivity index (χ4v) is 1.61. The predicted octanol–water partition coefficient (Wildman–Crippen LogP) is 1.23. The lowest BCUT2D eigenvalue weighted by Crippen LogP contribution is -2.27. The van der Waals surface area contributed by atoms with Crippen LogP contribution in [0.25, 0.3) is 0 Å². The lowest BCUT2D eigenvalue weighted by molar-refractivity contribution is -0.116. The highest BCUT2D eigenvalue weighted by Gasteiger charge is 2.06. The Balaban J connectivity index is 0. The Morgan fingerprint density at radius 3 is 1.88 bits per heavy atom. The van der Waals surface area contributed by atoms with Crippen molar-refractivity contribution in [2.24, 2.45) is 5.92 Å². The van der Waals surface area contributed by atoms with Crippen LogP contribution in [0, 0.1) is 5.92 Å². The molecule has 0 aromatic carbocycles. The maximum Gasteiger partial charge on any atom is 0.265 e. The molecule has 0 aliphatic heterocycles. The Morgan fingerprint density at radius 1 is 1.38 bits per heavy atom. The summed E-state index contributed by atoms with van der Waals surface area (Å²) in [6, 6.07) is 0.209. The van der Waals surface area contributed by atoms with Crippen LogP contribution >= 0.6 is 0 Å². The molecule has 96 valence electrons. The van der Waals surface area contributed by atoms with Gasteiger partial charge in [-0.2, -0.15) is 8.42 Å². The Bertz CT molecular complexity index is 307. The summed E-state index contributed by atoms with van der Waals surface area (Å²) in [4.78, 5) is 10.4. The second-order valence-corrected chi connectivity index (χ2v) is 5.51. The van der Waals surface area contributed by atoms with Gasteiger partial charge in [0.05, 0.1) is 5.75 Å². The van der Waals surface area contributed by atoms with Gasteiger partial charge in [-0.1, -0.05) is 20.4 Å². The van der Waals surface area contributed by atoms with Crippen LogP contribution in [0.5, 0.6) is 0 Å². The maximum absolute atomic E-state index is 10.4. The molecule has 0 spiro atoms. The van der Waals surface area contributed by atoms with E-state index in [1.165, 1.54) is 6.08 Å². The van der Waals surface area contributed by atoms with Gasteiger partial charge in [-0.15, -0.1) is 0 Å². The van der Waals surface area contributed by atoms with Crippen molar-refractivity contribution in [3.8, 4) is 0 Å². The van der Waals surface area contributed by atoms with Gasteiger partial charge < -0.3 is 5.32 Å². The van der Waals surface area contributed by atoms with E-state index in [1.807, 2.05) is 13.8 Å². The van der Waals surface area contributed by atoms with Crippen LogP contribution < -0.4 is 5.32 Å². The molecule has 0 radical (unpaired) electrons. The first-order chi connectivity index (χ1) is 7.08. The molecule has 6 heteroatoms. The second-order valence-electron chi connectivity index (χ2n) is 4.01. The first-order valence-corrected chi connectivity index (χ1v) is 6.57. The summed E-state index contributed by atoms with van der Waals surface area (Å²) in [5, 5.41) is 2.64. The van der Waals surface area contributed by atoms with E-state index in [-0.39, 0.29) is 23.6 Å². The molecule has 0 fully saturated rings. The Hall–Kier alpha value is -0.880. The van der Waals surface area contributed by atoms with Crippen LogP contribution in [0.4, 0.5) is 0 Å². The highest BCUT2D eigenvalue weighted by atomic mass is 32.2. The fraction of sp³-hybridized carbons (Fsp3) is 0.700. The van der Waals surface area contributed by atoms with E-state index in [0.29, 0.717) is 0 Å². The molecule has 0 saturated carbocycles. The van der Waals surface area contributed by atoms with E-state index in [9.17, 15) is 13.2 Å². The van der Waals surface area contributed by atoms with Gasteiger partial charge in [-0.25, -0.2) is 0 Å². The van der Waals surface area contributed by atoms with Crippen LogP contribution in [0.2, 0.25) is 0 Å². The number of carbonyl (C=O) groups excluding carboxylic acids is 1. The first kappa shape index (κ1) is 17.5. The maximum atomic E-state index is 10.4. The molecule has 16 heavy (non-hydrogen) atoms. The second kappa shape index (κ2) is 8.29. The molecule has 0 rings (SSSR count). The zero-order valence-corrected chi connectivity index (χ0v) is 11.0. The van der Waals surface area contributed by atoms with Crippen molar-refractivity contribution in [1.82, 2.24) is 5.32 Å². The summed E-state index contributed by atoms with van der Waals surface area (Å²) in [5.74, 6) is -0.252. The number of amides is 1. The monoisotopic (exact) mass is 251 g/mol. The Morgan fingerprint density at radius 2 is 1.81 bits per heavy atom. The van der Waals surface area contributed by atoms with Crippen LogP contribution in [-0.4, -0.2) is 30.7 Å². The smallest absolute Gasteiger partial charge is 0.265 e. The highest BCUT2D eigenvalue weighted by Crippen LogP contribution is 1.95. The van der Waals surface area contributed by atoms with Gasteiger partial charge >= 0.3 is 0 Å². The molecule has 0 aliphatic carbocycles. The summed E-state index contributed by atoms with van der Waals surface area (Å²) < 4.78 is 28.2. The van der Waals surface area contributed by atoms with E-state index in [0.717, 1.165) is 0 Å². The molecular weight excluding hydrogens is 230 g/mol. The third kappa shape index (κ3) is 18.8. The number of carbonyl (C=O) groups is 1. The van der Waals surface area contributed by atoms with E-state index in [4.69, 9.17) is 4.55 Å². The zero-order valence-electron chi connectivity index (χ0n) is 10.2. The Labute approximate surface area is 97.7 Å². The van der Waals surface area contributed by atoms with Crippen molar-refractivity contribution >= 4 is 16.0 Å². The van der Waals surface area contributed by atoms with Crippen molar-refractivity contribution in [2.75, 3.05) is 5.75 Å². The molecule has 0 bridgehead atoms. The number of hydrogen-bond donors (Lipinski definition) is 2. The van der Waals surface area contributed by atoms with Gasteiger partial charge in [0.2, 0.25) is 5.91 Å². The van der Waals surface area contributed by atoms with Crippen molar-refractivity contribution in [3.05, 3.63) is 12.7 Å².